The molecule has 1 heterocycles. The number of hydrogen-bond donors (Lipinski definition) is 2. The molecule has 0 fully saturated rings. The number of hydrogen-bond acceptors (Lipinski definition) is 5. The summed E-state index contributed by atoms with van der Waals surface area (Å²) in [7, 11) is 0. The first-order chi connectivity index (χ1) is 8.31. The number of nitrogens with one attached hydrogen (secondary N) is 1. The fourth-order valence-corrected chi connectivity index (χ4v) is 1.21. The summed E-state index contributed by atoms with van der Waals surface area (Å²) in [6.07, 6.45) is -4.36. The molecular formula is C10H15F3N4O. The number of nitrogen functional groups attached to an aromatic ring is 1. The van der Waals surface area contributed by atoms with Crippen molar-refractivity contribution in [1.29, 1.82) is 0 Å². The van der Waals surface area contributed by atoms with Crippen LogP contribution in [0.5, 0.6) is 0 Å². The lowest BCUT2D eigenvalue weighted by Gasteiger charge is -2.11. The van der Waals surface area contributed by atoms with E-state index in [0.717, 1.165) is 0 Å². The molecule has 0 bridgehead atoms. The molecule has 1 aromatic heterocycles. The van der Waals surface area contributed by atoms with Gasteiger partial charge in [-0.3, -0.25) is 0 Å². The van der Waals surface area contributed by atoms with Crippen LogP contribution in [0.2, 0.25) is 0 Å². The van der Waals surface area contributed by atoms with Crippen molar-refractivity contribution >= 4 is 5.82 Å². The number of aromatic nitrogens is 2. The van der Waals surface area contributed by atoms with Crippen LogP contribution in [-0.2, 0) is 11.3 Å². The third-order valence-corrected chi connectivity index (χ3v) is 2.03. The van der Waals surface area contributed by atoms with Gasteiger partial charge in [-0.15, -0.1) is 0 Å². The summed E-state index contributed by atoms with van der Waals surface area (Å²) in [6.45, 7) is 2.17. The van der Waals surface area contributed by atoms with E-state index >= 15 is 0 Å². The van der Waals surface area contributed by atoms with Gasteiger partial charge in [0.15, 0.2) is 5.82 Å². The fourth-order valence-electron chi connectivity index (χ4n) is 1.21. The average molecular weight is 264 g/mol. The Morgan fingerprint density at radius 1 is 1.39 bits per heavy atom. The fraction of sp³-hybridized carbons (Fsp3) is 0.600. The number of alkyl halides is 3. The van der Waals surface area contributed by atoms with Crippen molar-refractivity contribution in [3.05, 3.63) is 17.6 Å². The number of hydrazine groups is 1. The average Bonchev–Trinajstić information content (AvgIpc) is 2.26. The van der Waals surface area contributed by atoms with Gasteiger partial charge in [0.2, 0.25) is 0 Å². The second kappa shape index (κ2) is 5.96. The monoisotopic (exact) mass is 264 g/mol. The summed E-state index contributed by atoms with van der Waals surface area (Å²) < 4.78 is 40.2. The minimum Gasteiger partial charge on any atom is -0.364 e. The van der Waals surface area contributed by atoms with E-state index in [1.165, 1.54) is 0 Å². The van der Waals surface area contributed by atoms with Crippen molar-refractivity contribution in [3.8, 4) is 0 Å². The van der Waals surface area contributed by atoms with Crippen molar-refractivity contribution < 1.29 is 17.9 Å². The van der Waals surface area contributed by atoms with Crippen LogP contribution in [-0.4, -0.2) is 22.8 Å². The van der Waals surface area contributed by atoms with Gasteiger partial charge in [0, 0.05) is 11.8 Å². The smallest absolute Gasteiger partial charge is 0.364 e. The van der Waals surface area contributed by atoms with Gasteiger partial charge in [0.1, 0.15) is 19.0 Å². The molecule has 0 atom stereocenters. The lowest BCUT2D eigenvalue weighted by atomic mass is 10.1. The zero-order chi connectivity index (χ0) is 13.8. The SMILES string of the molecule is CC(C)c1cc(NN)nc(COCC(F)(F)F)n1. The molecule has 0 spiro atoms. The zero-order valence-electron chi connectivity index (χ0n) is 10.1. The molecule has 8 heteroatoms. The Kier molecular flexibility index (Phi) is 4.85. The van der Waals surface area contributed by atoms with E-state index in [0.29, 0.717) is 11.5 Å². The molecule has 0 radical (unpaired) electrons. The Hall–Kier alpha value is -1.41. The third-order valence-electron chi connectivity index (χ3n) is 2.03. The third kappa shape index (κ3) is 4.84. The number of anilines is 1. The van der Waals surface area contributed by atoms with E-state index in [2.05, 4.69) is 20.1 Å². The molecule has 0 aliphatic heterocycles. The first kappa shape index (κ1) is 14.7. The highest BCUT2D eigenvalue weighted by Gasteiger charge is 2.27. The minimum absolute atomic E-state index is 0.112. The van der Waals surface area contributed by atoms with E-state index in [1.54, 1.807) is 6.07 Å². The van der Waals surface area contributed by atoms with Crippen LogP contribution < -0.4 is 11.3 Å². The van der Waals surface area contributed by atoms with E-state index in [9.17, 15) is 13.2 Å². The topological polar surface area (TPSA) is 73.1 Å². The first-order valence-electron chi connectivity index (χ1n) is 5.31. The van der Waals surface area contributed by atoms with Crippen LogP contribution >= 0.6 is 0 Å². The molecule has 0 aromatic carbocycles. The Bertz CT molecular complexity index is 395. The molecule has 18 heavy (non-hydrogen) atoms. The number of halogens is 3. The maximum atomic E-state index is 11.9. The highest BCUT2D eigenvalue weighted by molar-refractivity contribution is 5.35. The molecule has 0 saturated heterocycles. The van der Waals surface area contributed by atoms with Gasteiger partial charge in [0.25, 0.3) is 0 Å². The highest BCUT2D eigenvalue weighted by atomic mass is 19.4. The summed E-state index contributed by atoms with van der Waals surface area (Å²) in [5.74, 6) is 5.85. The van der Waals surface area contributed by atoms with Crippen LogP contribution in [0, 0.1) is 0 Å². The van der Waals surface area contributed by atoms with Crippen LogP contribution in [0.25, 0.3) is 0 Å². The molecule has 1 aromatic rings. The minimum atomic E-state index is -4.36. The summed E-state index contributed by atoms with van der Waals surface area (Å²) in [6, 6.07) is 1.64. The molecular weight excluding hydrogens is 249 g/mol. The van der Waals surface area contributed by atoms with Crippen LogP contribution in [0.1, 0.15) is 31.3 Å². The summed E-state index contributed by atoms with van der Waals surface area (Å²) in [5.41, 5.74) is 3.02. The largest absolute Gasteiger partial charge is 0.411 e. The highest BCUT2D eigenvalue weighted by Crippen LogP contribution is 2.17. The first-order valence-corrected chi connectivity index (χ1v) is 5.31. The summed E-state index contributed by atoms with van der Waals surface area (Å²) in [5, 5.41) is 0. The van der Waals surface area contributed by atoms with E-state index in [1.807, 2.05) is 13.8 Å². The second-order valence-electron chi connectivity index (χ2n) is 4.00. The standard InChI is InChI=1S/C10H15F3N4O/c1-6(2)7-3-8(17-14)16-9(15-7)4-18-5-10(11,12)13/h3,6H,4-5,14H2,1-2H3,(H,15,16,17). The van der Waals surface area contributed by atoms with E-state index in [-0.39, 0.29) is 18.3 Å². The van der Waals surface area contributed by atoms with Gasteiger partial charge in [-0.2, -0.15) is 13.2 Å². The number of ether oxygens (including phenoxy) is 1. The molecule has 0 unspecified atom stereocenters. The second-order valence-corrected chi connectivity index (χ2v) is 4.00. The van der Waals surface area contributed by atoms with Crippen molar-refractivity contribution in [2.24, 2.45) is 5.84 Å². The van der Waals surface area contributed by atoms with Gasteiger partial charge in [-0.1, -0.05) is 13.8 Å². The molecule has 5 nitrogen and oxygen atoms in total. The Morgan fingerprint density at radius 2 is 2.06 bits per heavy atom. The molecule has 3 N–H and O–H groups in total. The van der Waals surface area contributed by atoms with Gasteiger partial charge >= 0.3 is 6.18 Å². The zero-order valence-corrected chi connectivity index (χ0v) is 10.1. The molecule has 0 saturated carbocycles. The Morgan fingerprint density at radius 3 is 2.56 bits per heavy atom. The molecule has 102 valence electrons. The molecule has 0 aliphatic carbocycles. The molecule has 0 aliphatic rings. The van der Waals surface area contributed by atoms with Gasteiger partial charge in [-0.25, -0.2) is 15.8 Å². The molecule has 1 rings (SSSR count). The van der Waals surface area contributed by atoms with Crippen molar-refractivity contribution in [2.45, 2.75) is 32.5 Å². The maximum Gasteiger partial charge on any atom is 0.411 e. The quantitative estimate of drug-likeness (QED) is 0.628. The molecule has 0 amide bonds. The van der Waals surface area contributed by atoms with Crippen molar-refractivity contribution in [3.63, 3.8) is 0 Å². The van der Waals surface area contributed by atoms with E-state index in [4.69, 9.17) is 5.84 Å². The number of nitrogens with two attached hydrogens (primary N) is 1. The van der Waals surface area contributed by atoms with Gasteiger partial charge < -0.3 is 10.2 Å². The number of rotatable bonds is 5. The maximum absolute atomic E-state index is 11.9. The predicted molar refractivity (Wildman–Crippen MR) is 59.6 cm³/mol. The summed E-state index contributed by atoms with van der Waals surface area (Å²) >= 11 is 0. The van der Waals surface area contributed by atoms with Crippen LogP contribution in [0.15, 0.2) is 6.07 Å². The van der Waals surface area contributed by atoms with Crippen LogP contribution in [0.3, 0.4) is 0 Å². The van der Waals surface area contributed by atoms with E-state index < -0.39 is 12.8 Å². The van der Waals surface area contributed by atoms with Crippen LogP contribution in [0.4, 0.5) is 19.0 Å². The van der Waals surface area contributed by atoms with Crippen molar-refractivity contribution in [2.75, 3.05) is 12.0 Å². The van der Waals surface area contributed by atoms with Gasteiger partial charge in [0.05, 0.1) is 0 Å². The normalized spacial score (nSPS) is 11.9. The van der Waals surface area contributed by atoms with Crippen molar-refractivity contribution in [1.82, 2.24) is 9.97 Å². The lowest BCUT2D eigenvalue weighted by molar-refractivity contribution is -0.177. The van der Waals surface area contributed by atoms with Gasteiger partial charge in [-0.05, 0) is 5.92 Å². The number of nitrogens with zero attached hydrogens (tertiary/aromatic N) is 2. The predicted octanol–water partition coefficient (Wildman–Crippen LogP) is 1.96. The Balaban J connectivity index is 2.73. The lowest BCUT2D eigenvalue weighted by Crippen LogP contribution is -2.18. The Labute approximate surface area is 103 Å². The summed E-state index contributed by atoms with van der Waals surface area (Å²) in [4.78, 5) is 8.02.